The number of halogens is 1. The van der Waals surface area contributed by atoms with E-state index in [9.17, 15) is 22.4 Å². The Morgan fingerprint density at radius 1 is 1.11 bits per heavy atom. The van der Waals surface area contributed by atoms with Gasteiger partial charge in [0.2, 0.25) is 10.0 Å². The van der Waals surface area contributed by atoms with Crippen LogP contribution in [0.1, 0.15) is 20.7 Å². The summed E-state index contributed by atoms with van der Waals surface area (Å²) < 4.78 is 38.4. The first-order valence-electron chi connectivity index (χ1n) is 8.12. The molecular weight excluding hydrogens is 393 g/mol. The van der Waals surface area contributed by atoms with E-state index in [-0.39, 0.29) is 43.3 Å². The molecule has 10 heteroatoms. The third-order valence-electron chi connectivity index (χ3n) is 4.18. The molecule has 1 aliphatic heterocycles. The topological polar surface area (TPSA) is 86.8 Å². The third-order valence-corrected chi connectivity index (χ3v) is 6.17. The number of hydrogen-bond acceptors (Lipinski definition) is 5. The molecule has 27 heavy (non-hydrogen) atoms. The molecule has 1 aromatic heterocycles. The highest BCUT2D eigenvalue weighted by Crippen LogP contribution is 2.19. The van der Waals surface area contributed by atoms with Crippen LogP contribution in [0.4, 0.5) is 10.1 Å². The summed E-state index contributed by atoms with van der Waals surface area (Å²) in [6.45, 7) is 0.835. The van der Waals surface area contributed by atoms with Gasteiger partial charge in [-0.25, -0.2) is 12.8 Å². The first kappa shape index (κ1) is 19.5. The fourth-order valence-corrected chi connectivity index (χ4v) is 4.25. The molecule has 0 aliphatic carbocycles. The molecule has 0 spiro atoms. The van der Waals surface area contributed by atoms with Crippen LogP contribution in [0.25, 0.3) is 0 Å². The Labute approximate surface area is 160 Å². The molecule has 1 fully saturated rings. The van der Waals surface area contributed by atoms with Crippen molar-refractivity contribution in [1.82, 2.24) is 9.21 Å². The van der Waals surface area contributed by atoms with Gasteiger partial charge in [-0.15, -0.1) is 0 Å². The van der Waals surface area contributed by atoms with Gasteiger partial charge < -0.3 is 10.2 Å². The average Bonchev–Trinajstić information content (AvgIpc) is 3.15. The zero-order valence-electron chi connectivity index (χ0n) is 14.5. The Bertz CT molecular complexity index is 953. The van der Waals surface area contributed by atoms with E-state index >= 15 is 0 Å². The maximum Gasteiger partial charge on any atom is 0.256 e. The van der Waals surface area contributed by atoms with Gasteiger partial charge >= 0.3 is 0 Å². The van der Waals surface area contributed by atoms with E-state index in [0.29, 0.717) is 5.56 Å². The minimum absolute atomic E-state index is 0.100. The Kier molecular flexibility index (Phi) is 5.59. The van der Waals surface area contributed by atoms with Crippen molar-refractivity contribution in [2.75, 3.05) is 37.8 Å². The van der Waals surface area contributed by atoms with Gasteiger partial charge in [-0.2, -0.15) is 15.6 Å². The lowest BCUT2D eigenvalue weighted by Gasteiger charge is -2.33. The molecular formula is C17H18FN3O4S2. The normalized spacial score (nSPS) is 15.6. The number of piperazine rings is 1. The van der Waals surface area contributed by atoms with E-state index in [1.54, 1.807) is 16.8 Å². The predicted molar refractivity (Wildman–Crippen MR) is 101 cm³/mol. The quantitative estimate of drug-likeness (QED) is 0.832. The molecule has 2 aromatic rings. The molecule has 0 atom stereocenters. The van der Waals surface area contributed by atoms with Crippen LogP contribution in [0.3, 0.4) is 0 Å². The van der Waals surface area contributed by atoms with Crippen molar-refractivity contribution < 1.29 is 22.4 Å². The van der Waals surface area contributed by atoms with E-state index in [1.165, 1.54) is 26.6 Å². The summed E-state index contributed by atoms with van der Waals surface area (Å²) >= 11 is 1.37. The number of nitrogens with one attached hydrogen (secondary N) is 1. The molecule has 0 unspecified atom stereocenters. The highest BCUT2D eigenvalue weighted by atomic mass is 32.2. The largest absolute Gasteiger partial charge is 0.336 e. The van der Waals surface area contributed by atoms with Crippen LogP contribution in [-0.4, -0.2) is 61.9 Å². The maximum absolute atomic E-state index is 14.0. The van der Waals surface area contributed by atoms with Gasteiger partial charge in [-0.3, -0.25) is 9.59 Å². The Morgan fingerprint density at radius 2 is 1.81 bits per heavy atom. The monoisotopic (exact) mass is 411 g/mol. The van der Waals surface area contributed by atoms with Gasteiger partial charge in [-0.05, 0) is 29.6 Å². The van der Waals surface area contributed by atoms with E-state index in [2.05, 4.69) is 5.32 Å². The highest BCUT2D eigenvalue weighted by molar-refractivity contribution is 7.88. The molecule has 1 aromatic carbocycles. The molecule has 2 amide bonds. The Morgan fingerprint density at radius 3 is 2.41 bits per heavy atom. The van der Waals surface area contributed by atoms with Gasteiger partial charge in [0.15, 0.2) is 0 Å². The van der Waals surface area contributed by atoms with Crippen LogP contribution < -0.4 is 5.32 Å². The number of anilines is 1. The molecule has 0 saturated carbocycles. The molecule has 7 nitrogen and oxygen atoms in total. The van der Waals surface area contributed by atoms with Gasteiger partial charge in [0, 0.05) is 42.8 Å². The summed E-state index contributed by atoms with van der Waals surface area (Å²) in [5, 5.41) is 6.00. The summed E-state index contributed by atoms with van der Waals surface area (Å²) in [6, 6.07) is 5.30. The molecule has 144 valence electrons. The van der Waals surface area contributed by atoms with Crippen molar-refractivity contribution in [3.63, 3.8) is 0 Å². The summed E-state index contributed by atoms with van der Waals surface area (Å²) in [5.74, 6) is -1.44. The van der Waals surface area contributed by atoms with Crippen LogP contribution in [0.15, 0.2) is 35.0 Å². The number of carbonyl (C=O) groups excluding carboxylic acids is 2. The van der Waals surface area contributed by atoms with Gasteiger partial charge in [0.05, 0.1) is 11.8 Å². The minimum Gasteiger partial charge on any atom is -0.336 e. The lowest BCUT2D eigenvalue weighted by atomic mass is 10.1. The molecule has 3 rings (SSSR count). The number of rotatable bonds is 4. The van der Waals surface area contributed by atoms with Crippen LogP contribution in [0, 0.1) is 5.82 Å². The van der Waals surface area contributed by atoms with Crippen molar-refractivity contribution in [2.45, 2.75) is 0 Å². The van der Waals surface area contributed by atoms with E-state index in [0.717, 1.165) is 18.4 Å². The number of carbonyl (C=O) groups is 2. The van der Waals surface area contributed by atoms with E-state index in [1.807, 2.05) is 0 Å². The molecule has 1 N–H and O–H groups in total. The summed E-state index contributed by atoms with van der Waals surface area (Å²) in [6.07, 6.45) is 1.12. The SMILES string of the molecule is CS(=O)(=O)N1CCN(C(=O)c2cc(F)cc(NC(=O)c3ccsc3)c2)CC1. The first-order chi connectivity index (χ1) is 12.7. The number of hydrogen-bond donors (Lipinski definition) is 1. The van der Waals surface area contributed by atoms with Crippen molar-refractivity contribution in [3.8, 4) is 0 Å². The number of sulfonamides is 1. The van der Waals surface area contributed by atoms with Crippen molar-refractivity contribution in [3.05, 3.63) is 52.0 Å². The summed E-state index contributed by atoms with van der Waals surface area (Å²) in [4.78, 5) is 26.2. The fourth-order valence-electron chi connectivity index (χ4n) is 2.79. The van der Waals surface area contributed by atoms with Crippen molar-refractivity contribution in [2.24, 2.45) is 0 Å². The second-order valence-electron chi connectivity index (χ2n) is 6.15. The second kappa shape index (κ2) is 7.75. The van der Waals surface area contributed by atoms with Crippen molar-refractivity contribution >= 4 is 38.9 Å². The van der Waals surface area contributed by atoms with E-state index < -0.39 is 21.7 Å². The lowest BCUT2D eigenvalue weighted by Crippen LogP contribution is -2.50. The number of benzene rings is 1. The zero-order valence-corrected chi connectivity index (χ0v) is 16.1. The van der Waals surface area contributed by atoms with Crippen LogP contribution in [0.2, 0.25) is 0 Å². The first-order valence-corrected chi connectivity index (χ1v) is 10.9. The Hall–Kier alpha value is -2.30. The van der Waals surface area contributed by atoms with Crippen molar-refractivity contribution in [1.29, 1.82) is 0 Å². The lowest BCUT2D eigenvalue weighted by molar-refractivity contribution is 0.0697. The number of amides is 2. The molecule has 0 radical (unpaired) electrons. The third kappa shape index (κ3) is 4.71. The van der Waals surface area contributed by atoms with Gasteiger partial charge in [0.1, 0.15) is 5.82 Å². The molecule has 1 saturated heterocycles. The molecule has 1 aliphatic rings. The predicted octanol–water partition coefficient (Wildman–Crippen LogP) is 1.86. The average molecular weight is 411 g/mol. The fraction of sp³-hybridized carbons (Fsp3) is 0.294. The number of nitrogens with zero attached hydrogens (tertiary/aromatic N) is 2. The van der Waals surface area contributed by atoms with Crippen LogP contribution >= 0.6 is 11.3 Å². The highest BCUT2D eigenvalue weighted by Gasteiger charge is 2.27. The summed E-state index contributed by atoms with van der Waals surface area (Å²) in [7, 11) is -3.30. The van der Waals surface area contributed by atoms with E-state index in [4.69, 9.17) is 0 Å². The van der Waals surface area contributed by atoms with Crippen LogP contribution in [0.5, 0.6) is 0 Å². The Balaban J connectivity index is 1.72. The van der Waals surface area contributed by atoms with Gasteiger partial charge in [0.25, 0.3) is 11.8 Å². The standard InChI is InChI=1S/C17H18FN3O4S2/c1-27(24,25)21-5-3-20(4-6-21)17(23)13-8-14(18)10-15(9-13)19-16(22)12-2-7-26-11-12/h2,7-11H,3-6H2,1H3,(H,19,22). The second-order valence-corrected chi connectivity index (χ2v) is 8.91. The minimum atomic E-state index is -3.30. The molecule has 0 bridgehead atoms. The smallest absolute Gasteiger partial charge is 0.256 e. The molecule has 2 heterocycles. The maximum atomic E-state index is 14.0. The number of thiophene rings is 1. The summed E-state index contributed by atoms with van der Waals surface area (Å²) in [5.41, 5.74) is 0.738. The van der Waals surface area contributed by atoms with Gasteiger partial charge in [-0.1, -0.05) is 0 Å². The van der Waals surface area contributed by atoms with Crippen LogP contribution in [-0.2, 0) is 10.0 Å². The zero-order chi connectivity index (χ0) is 19.6.